The molecule has 0 bridgehead atoms. The van der Waals surface area contributed by atoms with Gasteiger partial charge in [-0.1, -0.05) is 0 Å². The van der Waals surface area contributed by atoms with Crippen molar-refractivity contribution in [2.45, 2.75) is 0 Å². The minimum absolute atomic E-state index is 0.279. The number of carbonyl (C=O) groups excluding carboxylic acids is 2. The number of imide groups is 1. The van der Waals surface area contributed by atoms with Gasteiger partial charge >= 0.3 is 0 Å². The van der Waals surface area contributed by atoms with Crippen LogP contribution in [0.4, 0.5) is 16.4 Å². The fourth-order valence-corrected chi connectivity index (χ4v) is 3.33. The summed E-state index contributed by atoms with van der Waals surface area (Å²) in [5.74, 6) is 0.465. The number of thioether (sulfide) groups is 1. The predicted octanol–water partition coefficient (Wildman–Crippen LogP) is 0.312. The van der Waals surface area contributed by atoms with E-state index in [0.29, 0.717) is 11.8 Å². The molecule has 1 N–H and O–H groups in total. The Balaban J connectivity index is 1.45. The number of hydrogen-bond donors (Lipinski definition) is 1. The van der Waals surface area contributed by atoms with Gasteiger partial charge in [-0.25, -0.2) is 19.9 Å². The molecule has 4 heterocycles. The highest BCUT2D eigenvalue weighted by molar-refractivity contribution is 8.18. The first-order chi connectivity index (χ1) is 12.7. The summed E-state index contributed by atoms with van der Waals surface area (Å²) in [6.45, 7) is 3.07. The lowest BCUT2D eigenvalue weighted by molar-refractivity contribution is -0.115. The number of rotatable bonds is 3. The Bertz CT molecular complexity index is 867. The molecule has 4 rings (SSSR count). The van der Waals surface area contributed by atoms with E-state index in [2.05, 4.69) is 40.0 Å². The normalized spacial score (nSPS) is 19.2. The van der Waals surface area contributed by atoms with E-state index in [0.717, 1.165) is 43.6 Å². The maximum atomic E-state index is 11.6. The number of hydrogen-bond acceptors (Lipinski definition) is 10. The lowest BCUT2D eigenvalue weighted by Gasteiger charge is -2.35. The van der Waals surface area contributed by atoms with E-state index in [-0.39, 0.29) is 4.91 Å². The van der Waals surface area contributed by atoms with E-state index in [1.807, 2.05) is 0 Å². The van der Waals surface area contributed by atoms with Gasteiger partial charge in [0.25, 0.3) is 11.1 Å². The quantitative estimate of drug-likeness (QED) is 0.757. The van der Waals surface area contributed by atoms with E-state index in [9.17, 15) is 9.59 Å². The average molecular weight is 370 g/mol. The van der Waals surface area contributed by atoms with Gasteiger partial charge in [-0.05, 0) is 11.8 Å². The number of amides is 2. The summed E-state index contributed by atoms with van der Waals surface area (Å²) in [6.07, 6.45) is 8.00. The molecule has 0 unspecified atom stereocenters. The van der Waals surface area contributed by atoms with Crippen molar-refractivity contribution in [2.24, 2.45) is 0 Å². The van der Waals surface area contributed by atoms with Gasteiger partial charge in [-0.3, -0.25) is 14.9 Å². The van der Waals surface area contributed by atoms with Crippen molar-refractivity contribution in [2.75, 3.05) is 36.0 Å². The van der Waals surface area contributed by atoms with Crippen LogP contribution in [0.2, 0.25) is 0 Å². The second kappa shape index (κ2) is 7.04. The van der Waals surface area contributed by atoms with E-state index in [1.54, 1.807) is 12.4 Å². The molecule has 26 heavy (non-hydrogen) atoms. The molecule has 0 radical (unpaired) electrons. The largest absolute Gasteiger partial charge is 0.365 e. The third-order valence-electron chi connectivity index (χ3n) is 3.95. The van der Waals surface area contributed by atoms with Gasteiger partial charge in [-0.15, -0.1) is 0 Å². The second-order valence-electron chi connectivity index (χ2n) is 5.57. The van der Waals surface area contributed by atoms with E-state index >= 15 is 0 Å². The van der Waals surface area contributed by atoms with E-state index in [4.69, 9.17) is 0 Å². The number of aromatic nitrogens is 5. The van der Waals surface area contributed by atoms with Crippen molar-refractivity contribution in [3.63, 3.8) is 0 Å². The van der Waals surface area contributed by atoms with Crippen LogP contribution in [-0.4, -0.2) is 62.2 Å². The van der Waals surface area contributed by atoms with Crippen LogP contribution in [0.5, 0.6) is 0 Å². The third kappa shape index (κ3) is 3.47. The van der Waals surface area contributed by atoms with Crippen LogP contribution in [0.15, 0.2) is 30.0 Å². The summed E-state index contributed by atoms with van der Waals surface area (Å²) < 4.78 is 0. The molecule has 2 amide bonds. The zero-order valence-corrected chi connectivity index (χ0v) is 14.4. The highest BCUT2D eigenvalue weighted by atomic mass is 32.2. The molecule has 10 nitrogen and oxygen atoms in total. The molecular weight excluding hydrogens is 356 g/mol. The molecule has 2 saturated heterocycles. The van der Waals surface area contributed by atoms with E-state index in [1.165, 1.54) is 18.7 Å². The maximum absolute atomic E-state index is 11.6. The van der Waals surface area contributed by atoms with Crippen LogP contribution in [0.1, 0.15) is 5.82 Å². The van der Waals surface area contributed by atoms with Gasteiger partial charge in [0.15, 0.2) is 5.82 Å². The van der Waals surface area contributed by atoms with Crippen LogP contribution in [0.25, 0.3) is 6.08 Å². The minimum Gasteiger partial charge on any atom is -0.365 e. The fourth-order valence-electron chi connectivity index (χ4n) is 2.68. The average Bonchev–Trinajstić information content (AvgIpc) is 3.00. The molecule has 0 atom stereocenters. The monoisotopic (exact) mass is 370 g/mol. The summed E-state index contributed by atoms with van der Waals surface area (Å²) in [5, 5.41) is 1.81. The maximum Gasteiger partial charge on any atom is 0.290 e. The molecule has 0 saturated carbocycles. The molecule has 2 aliphatic rings. The molecule has 132 valence electrons. The van der Waals surface area contributed by atoms with Crippen molar-refractivity contribution in [3.05, 3.63) is 35.8 Å². The Morgan fingerprint density at radius 2 is 1.73 bits per heavy atom. The Hall–Kier alpha value is -3.08. The first-order valence-electron chi connectivity index (χ1n) is 7.88. The molecule has 2 aliphatic heterocycles. The predicted molar refractivity (Wildman–Crippen MR) is 95.4 cm³/mol. The van der Waals surface area contributed by atoms with Gasteiger partial charge in [0.1, 0.15) is 12.7 Å². The van der Waals surface area contributed by atoms with Gasteiger partial charge in [0, 0.05) is 32.3 Å². The molecule has 2 fully saturated rings. The van der Waals surface area contributed by atoms with Crippen LogP contribution < -0.4 is 15.1 Å². The fraction of sp³-hybridized carbons (Fsp3) is 0.267. The first-order valence-corrected chi connectivity index (χ1v) is 8.69. The number of piperazine rings is 1. The third-order valence-corrected chi connectivity index (χ3v) is 4.77. The molecule has 0 aliphatic carbocycles. The number of nitrogens with one attached hydrogen (secondary N) is 1. The Kier molecular flexibility index (Phi) is 4.44. The molecule has 2 aromatic rings. The summed E-state index contributed by atoms with van der Waals surface area (Å²) >= 11 is 0.837. The standard InChI is InChI=1S/C15H14N8O2S/c24-13-11(26-15(25)21-13)5-12-18-9-19-14(20-12)23-3-1-22(2-4-23)10-6-16-8-17-7-10/h5-9H,1-4H2,(H,21,24,25)/b11-5-. The highest BCUT2D eigenvalue weighted by Crippen LogP contribution is 2.25. The Morgan fingerprint density at radius 3 is 2.42 bits per heavy atom. The van der Waals surface area contributed by atoms with Gasteiger partial charge in [-0.2, -0.15) is 4.98 Å². The zero-order chi connectivity index (χ0) is 17.9. The van der Waals surface area contributed by atoms with Crippen molar-refractivity contribution >= 4 is 40.6 Å². The van der Waals surface area contributed by atoms with Gasteiger partial charge < -0.3 is 9.80 Å². The lowest BCUT2D eigenvalue weighted by Crippen LogP contribution is -2.47. The van der Waals surface area contributed by atoms with Crippen molar-refractivity contribution in [1.29, 1.82) is 0 Å². The topological polar surface area (TPSA) is 117 Å². The van der Waals surface area contributed by atoms with Gasteiger partial charge in [0.2, 0.25) is 5.95 Å². The molecule has 0 aromatic carbocycles. The zero-order valence-electron chi connectivity index (χ0n) is 13.6. The van der Waals surface area contributed by atoms with Crippen LogP contribution >= 0.6 is 11.8 Å². The molecule has 0 spiro atoms. The smallest absolute Gasteiger partial charge is 0.290 e. The van der Waals surface area contributed by atoms with Crippen LogP contribution in [-0.2, 0) is 4.79 Å². The number of carbonyl (C=O) groups is 2. The summed E-state index contributed by atoms with van der Waals surface area (Å²) in [6, 6.07) is 0. The van der Waals surface area contributed by atoms with Crippen LogP contribution in [0, 0.1) is 0 Å². The molecule has 2 aromatic heterocycles. The number of anilines is 2. The lowest BCUT2D eigenvalue weighted by atomic mass is 10.3. The SMILES string of the molecule is O=C1NC(=O)/C(=C/c2ncnc(N3CCN(c4cncnc4)CC3)n2)S1. The molecule has 11 heteroatoms. The Morgan fingerprint density at radius 1 is 1.00 bits per heavy atom. The van der Waals surface area contributed by atoms with Crippen molar-refractivity contribution < 1.29 is 9.59 Å². The van der Waals surface area contributed by atoms with Gasteiger partial charge in [0.05, 0.1) is 23.0 Å². The Labute approximate surface area is 152 Å². The highest BCUT2D eigenvalue weighted by Gasteiger charge is 2.26. The number of nitrogens with zero attached hydrogens (tertiary/aromatic N) is 7. The summed E-state index contributed by atoms with van der Waals surface area (Å²) in [4.78, 5) is 48.2. The molecular formula is C15H14N8O2S. The van der Waals surface area contributed by atoms with Crippen molar-refractivity contribution in [1.82, 2.24) is 30.2 Å². The first kappa shape index (κ1) is 16.4. The van der Waals surface area contributed by atoms with E-state index < -0.39 is 11.1 Å². The minimum atomic E-state index is -0.430. The van der Waals surface area contributed by atoms with Crippen LogP contribution in [0.3, 0.4) is 0 Å². The second-order valence-corrected chi connectivity index (χ2v) is 6.58. The summed E-state index contributed by atoms with van der Waals surface area (Å²) in [7, 11) is 0. The van der Waals surface area contributed by atoms with Crippen molar-refractivity contribution in [3.8, 4) is 0 Å². The summed E-state index contributed by atoms with van der Waals surface area (Å²) in [5.41, 5.74) is 0.988.